The van der Waals surface area contributed by atoms with Gasteiger partial charge in [-0.3, -0.25) is 0 Å². The normalized spacial score (nSPS) is 28.5. The fourth-order valence-corrected chi connectivity index (χ4v) is 2.46. The minimum absolute atomic E-state index is 0.128. The van der Waals surface area contributed by atoms with Crippen LogP contribution in [0.1, 0.15) is 47.5 Å². The van der Waals surface area contributed by atoms with E-state index in [2.05, 4.69) is 27.7 Å². The smallest absolute Gasteiger partial charge is 0.0512 e. The van der Waals surface area contributed by atoms with Crippen LogP contribution in [-0.4, -0.2) is 11.2 Å². The summed E-state index contributed by atoms with van der Waals surface area (Å²) in [5.41, 5.74) is 0.976. The zero-order valence-corrected chi connectivity index (χ0v) is 9.02. The maximum atomic E-state index is 9.17. The van der Waals surface area contributed by atoms with E-state index in [1.54, 1.807) is 0 Å². The van der Waals surface area contributed by atoms with E-state index in [1.165, 1.54) is 6.42 Å². The molecule has 1 N–H and O–H groups in total. The van der Waals surface area contributed by atoms with Crippen molar-refractivity contribution >= 4 is 0 Å². The van der Waals surface area contributed by atoms with Gasteiger partial charge in [0.2, 0.25) is 0 Å². The fourth-order valence-electron chi connectivity index (χ4n) is 2.46. The Labute approximate surface area is 76.2 Å². The summed E-state index contributed by atoms with van der Waals surface area (Å²) in [6.45, 7) is 11.2. The van der Waals surface area contributed by atoms with Crippen LogP contribution in [0.4, 0.5) is 0 Å². The summed E-state index contributed by atoms with van der Waals surface area (Å²) in [6, 6.07) is 0. The van der Waals surface area contributed by atoms with Gasteiger partial charge < -0.3 is 5.11 Å². The topological polar surface area (TPSA) is 20.2 Å². The van der Waals surface area contributed by atoms with Crippen molar-refractivity contribution in [3.8, 4) is 0 Å². The third kappa shape index (κ3) is 1.39. The minimum Gasteiger partial charge on any atom is -0.393 e. The van der Waals surface area contributed by atoms with Crippen LogP contribution in [-0.2, 0) is 0 Å². The number of aliphatic hydroxyl groups excluding tert-OH is 1. The molecule has 0 amide bonds. The van der Waals surface area contributed by atoms with Gasteiger partial charge in [-0.05, 0) is 36.5 Å². The third-order valence-corrected chi connectivity index (χ3v) is 4.19. The van der Waals surface area contributed by atoms with Crippen molar-refractivity contribution < 1.29 is 5.11 Å². The number of hydrogen-bond acceptors (Lipinski definition) is 1. The first-order valence-electron chi connectivity index (χ1n) is 4.98. The maximum Gasteiger partial charge on any atom is 0.0512 e. The fraction of sp³-hybridized carbons (Fsp3) is 1.00. The van der Waals surface area contributed by atoms with E-state index in [0.29, 0.717) is 10.8 Å². The largest absolute Gasteiger partial charge is 0.393 e. The van der Waals surface area contributed by atoms with Crippen molar-refractivity contribution in [2.24, 2.45) is 16.7 Å². The zero-order chi connectivity index (χ0) is 9.57. The Balaban J connectivity index is 2.39. The van der Waals surface area contributed by atoms with Crippen molar-refractivity contribution in [1.29, 1.82) is 0 Å². The molecule has 0 heterocycles. The minimum atomic E-state index is -0.128. The first-order valence-corrected chi connectivity index (χ1v) is 4.98. The maximum absolute atomic E-state index is 9.17. The lowest BCUT2D eigenvalue weighted by Crippen LogP contribution is -2.01. The van der Waals surface area contributed by atoms with Gasteiger partial charge in [-0.25, -0.2) is 0 Å². The lowest BCUT2D eigenvalue weighted by Gasteiger charge is -2.04. The summed E-state index contributed by atoms with van der Waals surface area (Å²) in [4.78, 5) is 0. The SMILES string of the molecule is CC(O)CCC1C(C)(C)C1(C)C. The first kappa shape index (κ1) is 10.0. The Bertz CT molecular complexity index is 154. The molecule has 12 heavy (non-hydrogen) atoms. The quantitative estimate of drug-likeness (QED) is 0.690. The standard InChI is InChI=1S/C11H22O/c1-8(12)6-7-9-10(2,3)11(9,4)5/h8-9,12H,6-7H2,1-5H3. The van der Waals surface area contributed by atoms with E-state index in [-0.39, 0.29) is 6.10 Å². The molecule has 0 aromatic carbocycles. The molecule has 0 aromatic heterocycles. The number of aliphatic hydroxyl groups is 1. The number of rotatable bonds is 3. The molecule has 1 saturated carbocycles. The van der Waals surface area contributed by atoms with Crippen LogP contribution in [0.15, 0.2) is 0 Å². The lowest BCUT2D eigenvalue weighted by atomic mass is 10.0. The van der Waals surface area contributed by atoms with E-state index in [9.17, 15) is 0 Å². The molecule has 0 saturated heterocycles. The highest BCUT2D eigenvalue weighted by molar-refractivity contribution is 5.11. The average Bonchev–Trinajstić information content (AvgIpc) is 2.21. The molecule has 1 unspecified atom stereocenters. The van der Waals surface area contributed by atoms with Crippen LogP contribution in [0, 0.1) is 16.7 Å². The summed E-state index contributed by atoms with van der Waals surface area (Å²) in [7, 11) is 0. The second-order valence-corrected chi connectivity index (χ2v) is 5.42. The summed E-state index contributed by atoms with van der Waals surface area (Å²) in [5, 5.41) is 9.17. The second kappa shape index (κ2) is 2.73. The summed E-state index contributed by atoms with van der Waals surface area (Å²) < 4.78 is 0. The van der Waals surface area contributed by atoms with E-state index < -0.39 is 0 Å². The molecular formula is C11H22O. The molecule has 72 valence electrons. The predicted octanol–water partition coefficient (Wildman–Crippen LogP) is 2.83. The Morgan fingerprint density at radius 1 is 1.17 bits per heavy atom. The average molecular weight is 170 g/mol. The van der Waals surface area contributed by atoms with Crippen molar-refractivity contribution in [1.82, 2.24) is 0 Å². The van der Waals surface area contributed by atoms with E-state index in [0.717, 1.165) is 12.3 Å². The van der Waals surface area contributed by atoms with Gasteiger partial charge in [0.1, 0.15) is 0 Å². The molecule has 1 fully saturated rings. The molecule has 1 aliphatic rings. The van der Waals surface area contributed by atoms with Gasteiger partial charge in [0, 0.05) is 0 Å². The van der Waals surface area contributed by atoms with Gasteiger partial charge in [0.05, 0.1) is 6.10 Å². The summed E-state index contributed by atoms with van der Waals surface area (Å²) >= 11 is 0. The highest BCUT2D eigenvalue weighted by Gasteiger charge is 2.63. The van der Waals surface area contributed by atoms with Crippen LogP contribution >= 0.6 is 0 Å². The molecule has 0 aromatic rings. The van der Waals surface area contributed by atoms with Crippen molar-refractivity contribution in [2.75, 3.05) is 0 Å². The molecule has 1 atom stereocenters. The summed E-state index contributed by atoms with van der Waals surface area (Å²) in [6.07, 6.45) is 2.01. The monoisotopic (exact) mass is 170 g/mol. The molecule has 1 nitrogen and oxygen atoms in total. The van der Waals surface area contributed by atoms with Gasteiger partial charge >= 0.3 is 0 Å². The molecule has 1 aliphatic carbocycles. The van der Waals surface area contributed by atoms with Crippen LogP contribution in [0.3, 0.4) is 0 Å². The van der Waals surface area contributed by atoms with Crippen molar-refractivity contribution in [3.05, 3.63) is 0 Å². The van der Waals surface area contributed by atoms with Gasteiger partial charge in [-0.2, -0.15) is 0 Å². The van der Waals surface area contributed by atoms with Gasteiger partial charge in [0.15, 0.2) is 0 Å². The molecular weight excluding hydrogens is 148 g/mol. The van der Waals surface area contributed by atoms with E-state index in [4.69, 9.17) is 5.11 Å². The van der Waals surface area contributed by atoms with E-state index >= 15 is 0 Å². The molecule has 0 aliphatic heterocycles. The zero-order valence-electron chi connectivity index (χ0n) is 9.02. The van der Waals surface area contributed by atoms with Gasteiger partial charge in [-0.1, -0.05) is 27.7 Å². The Morgan fingerprint density at radius 3 is 1.83 bits per heavy atom. The Morgan fingerprint density at radius 2 is 1.58 bits per heavy atom. The highest BCUT2D eigenvalue weighted by atomic mass is 16.3. The molecule has 1 heteroatoms. The Hall–Kier alpha value is -0.0400. The molecule has 1 rings (SSSR count). The van der Waals surface area contributed by atoms with Crippen LogP contribution in [0.2, 0.25) is 0 Å². The van der Waals surface area contributed by atoms with Crippen LogP contribution in [0.5, 0.6) is 0 Å². The van der Waals surface area contributed by atoms with Crippen molar-refractivity contribution in [3.63, 3.8) is 0 Å². The molecule has 0 bridgehead atoms. The van der Waals surface area contributed by atoms with Gasteiger partial charge in [0.25, 0.3) is 0 Å². The van der Waals surface area contributed by atoms with Crippen molar-refractivity contribution in [2.45, 2.75) is 53.6 Å². The third-order valence-electron chi connectivity index (χ3n) is 4.19. The Kier molecular flexibility index (Phi) is 2.28. The molecule has 0 radical (unpaired) electrons. The van der Waals surface area contributed by atoms with Crippen LogP contribution in [0.25, 0.3) is 0 Å². The van der Waals surface area contributed by atoms with Crippen LogP contribution < -0.4 is 0 Å². The predicted molar refractivity (Wildman–Crippen MR) is 52.0 cm³/mol. The molecule has 0 spiro atoms. The number of hydrogen-bond donors (Lipinski definition) is 1. The first-order chi connectivity index (χ1) is 5.30. The van der Waals surface area contributed by atoms with Gasteiger partial charge in [-0.15, -0.1) is 0 Å². The van der Waals surface area contributed by atoms with E-state index in [1.807, 2.05) is 6.92 Å². The summed E-state index contributed by atoms with van der Waals surface area (Å²) in [5.74, 6) is 0.805. The lowest BCUT2D eigenvalue weighted by molar-refractivity contribution is 0.176. The highest BCUT2D eigenvalue weighted by Crippen LogP contribution is 2.70. The second-order valence-electron chi connectivity index (χ2n) is 5.42.